The highest BCUT2D eigenvalue weighted by molar-refractivity contribution is 7.13. The van der Waals surface area contributed by atoms with Gasteiger partial charge in [-0.3, -0.25) is 0 Å². The first-order valence-corrected chi connectivity index (χ1v) is 10.0. The molecule has 0 saturated carbocycles. The van der Waals surface area contributed by atoms with Crippen LogP contribution >= 0.6 is 11.3 Å². The van der Waals surface area contributed by atoms with Crippen molar-refractivity contribution in [2.75, 3.05) is 25.0 Å². The summed E-state index contributed by atoms with van der Waals surface area (Å²) in [5, 5.41) is 13.9. The molecule has 4 rings (SSSR count). The number of carbonyl (C=O) groups excluding carboxylic acids is 1. The molecule has 0 radical (unpaired) electrons. The monoisotopic (exact) mass is 399 g/mol. The average molecular weight is 399 g/mol. The lowest BCUT2D eigenvalue weighted by Crippen LogP contribution is -2.44. The molecule has 0 spiro atoms. The summed E-state index contributed by atoms with van der Waals surface area (Å²) in [5.74, 6) is 0.980. The number of aryl methyl sites for hydroxylation is 2. The van der Waals surface area contributed by atoms with Crippen molar-refractivity contribution in [2.45, 2.75) is 26.4 Å². The molecule has 0 aliphatic carbocycles. The van der Waals surface area contributed by atoms with Crippen LogP contribution in [0, 0.1) is 6.92 Å². The predicted octanol–water partition coefficient (Wildman–Crippen LogP) is 3.67. The van der Waals surface area contributed by atoms with Crippen LogP contribution < -0.4 is 5.32 Å². The first-order valence-electron chi connectivity index (χ1n) is 9.14. The van der Waals surface area contributed by atoms with Crippen molar-refractivity contribution in [1.29, 1.82) is 0 Å². The molecule has 9 heteroatoms. The number of carbonyl (C=O) groups is 1. The lowest BCUT2D eigenvalue weighted by molar-refractivity contribution is -0.0275. The van der Waals surface area contributed by atoms with E-state index in [-0.39, 0.29) is 6.03 Å². The summed E-state index contributed by atoms with van der Waals surface area (Å²) in [5.41, 5.74) is 2.77. The van der Waals surface area contributed by atoms with E-state index in [0.29, 0.717) is 37.9 Å². The van der Waals surface area contributed by atoms with Crippen molar-refractivity contribution in [3.8, 4) is 10.6 Å². The van der Waals surface area contributed by atoms with Crippen LogP contribution in [0.4, 0.5) is 10.5 Å². The molecule has 1 atom stereocenters. The van der Waals surface area contributed by atoms with E-state index in [4.69, 9.17) is 9.15 Å². The number of ether oxygens (including phenoxy) is 1. The number of aromatic nitrogens is 3. The molecule has 28 heavy (non-hydrogen) atoms. The van der Waals surface area contributed by atoms with Gasteiger partial charge in [-0.15, -0.1) is 21.5 Å². The van der Waals surface area contributed by atoms with Crippen molar-refractivity contribution in [1.82, 2.24) is 20.1 Å². The third-order valence-electron chi connectivity index (χ3n) is 4.42. The smallest absolute Gasteiger partial charge is 0.322 e. The lowest BCUT2D eigenvalue weighted by atomic mass is 10.2. The molecule has 3 heterocycles. The number of nitrogens with one attached hydrogen (secondary N) is 1. The molecule has 2 aromatic heterocycles. The van der Waals surface area contributed by atoms with E-state index < -0.39 is 6.10 Å². The van der Waals surface area contributed by atoms with Gasteiger partial charge in [-0.25, -0.2) is 9.78 Å². The van der Waals surface area contributed by atoms with Crippen LogP contribution in [-0.4, -0.2) is 45.8 Å². The van der Waals surface area contributed by atoms with E-state index in [9.17, 15) is 4.79 Å². The number of hydrogen-bond donors (Lipinski definition) is 1. The Balaban J connectivity index is 1.38. The van der Waals surface area contributed by atoms with E-state index in [0.717, 1.165) is 22.0 Å². The van der Waals surface area contributed by atoms with Gasteiger partial charge in [0.1, 0.15) is 5.01 Å². The van der Waals surface area contributed by atoms with Gasteiger partial charge in [0.25, 0.3) is 0 Å². The summed E-state index contributed by atoms with van der Waals surface area (Å²) in [4.78, 5) is 18.8. The molecule has 1 aromatic carbocycles. The minimum atomic E-state index is -0.400. The second-order valence-corrected chi connectivity index (χ2v) is 7.35. The van der Waals surface area contributed by atoms with Crippen LogP contribution in [0.5, 0.6) is 0 Å². The van der Waals surface area contributed by atoms with Crippen LogP contribution in [0.15, 0.2) is 34.1 Å². The number of anilines is 1. The van der Waals surface area contributed by atoms with E-state index >= 15 is 0 Å². The standard InChI is InChI=1S/C19H21N5O3S/c1-3-16-22-23-17(27-16)15-10-24(8-9-26-15)19(25)21-14-6-4-13(5-7-14)18-20-12(2)11-28-18/h4-7,11,15H,3,8-10H2,1-2H3,(H,21,25)/t15-/m1/s1. The quantitative estimate of drug-likeness (QED) is 0.719. The minimum Gasteiger partial charge on any atom is -0.422 e. The molecule has 0 bridgehead atoms. The largest absolute Gasteiger partial charge is 0.422 e. The summed E-state index contributed by atoms with van der Waals surface area (Å²) in [6.45, 7) is 5.22. The number of amides is 2. The maximum absolute atomic E-state index is 12.6. The molecule has 1 N–H and O–H groups in total. The number of nitrogens with zero attached hydrogens (tertiary/aromatic N) is 4. The Morgan fingerprint density at radius 1 is 1.32 bits per heavy atom. The second kappa shape index (κ2) is 8.07. The molecule has 1 saturated heterocycles. The first kappa shape index (κ1) is 18.6. The van der Waals surface area contributed by atoms with Crippen LogP contribution in [0.3, 0.4) is 0 Å². The first-order chi connectivity index (χ1) is 13.6. The lowest BCUT2D eigenvalue weighted by Gasteiger charge is -2.31. The van der Waals surface area contributed by atoms with Crippen LogP contribution in [0.2, 0.25) is 0 Å². The van der Waals surface area contributed by atoms with Crippen LogP contribution in [0.25, 0.3) is 10.6 Å². The van der Waals surface area contributed by atoms with Gasteiger partial charge in [0.2, 0.25) is 11.8 Å². The van der Waals surface area contributed by atoms with E-state index in [1.54, 1.807) is 16.2 Å². The van der Waals surface area contributed by atoms with Gasteiger partial charge in [0, 0.05) is 35.3 Å². The van der Waals surface area contributed by atoms with Crippen molar-refractivity contribution in [3.63, 3.8) is 0 Å². The van der Waals surface area contributed by atoms with Crippen LogP contribution in [0.1, 0.15) is 30.5 Å². The molecule has 0 unspecified atom stereocenters. The zero-order chi connectivity index (χ0) is 19.5. The number of rotatable bonds is 4. The van der Waals surface area contributed by atoms with Gasteiger partial charge >= 0.3 is 6.03 Å². The molecule has 8 nitrogen and oxygen atoms in total. The van der Waals surface area contributed by atoms with E-state index in [1.807, 2.05) is 43.5 Å². The number of morpholine rings is 1. The fourth-order valence-corrected chi connectivity index (χ4v) is 3.71. The zero-order valence-electron chi connectivity index (χ0n) is 15.7. The Labute approximate surface area is 166 Å². The van der Waals surface area contributed by atoms with Gasteiger partial charge in [0.05, 0.1) is 13.2 Å². The Kier molecular flexibility index (Phi) is 5.36. The topological polar surface area (TPSA) is 93.4 Å². The van der Waals surface area contributed by atoms with Gasteiger partial charge in [0.15, 0.2) is 6.10 Å². The van der Waals surface area contributed by atoms with E-state index in [1.165, 1.54) is 0 Å². The molecular weight excluding hydrogens is 378 g/mol. The highest BCUT2D eigenvalue weighted by Crippen LogP contribution is 2.25. The normalized spacial score (nSPS) is 16.9. The van der Waals surface area contributed by atoms with Gasteiger partial charge < -0.3 is 19.4 Å². The zero-order valence-corrected chi connectivity index (χ0v) is 16.5. The second-order valence-electron chi connectivity index (χ2n) is 6.49. The van der Waals surface area contributed by atoms with Gasteiger partial charge in [-0.1, -0.05) is 6.92 Å². The average Bonchev–Trinajstić information content (AvgIpc) is 3.38. The molecule has 146 valence electrons. The third-order valence-corrected chi connectivity index (χ3v) is 5.43. The maximum atomic E-state index is 12.6. The third kappa shape index (κ3) is 4.05. The number of hydrogen-bond acceptors (Lipinski definition) is 7. The molecule has 1 aliphatic heterocycles. The van der Waals surface area contributed by atoms with Crippen molar-refractivity contribution >= 4 is 23.1 Å². The highest BCUT2D eigenvalue weighted by atomic mass is 32.1. The fourth-order valence-electron chi connectivity index (χ4n) is 2.91. The molecule has 3 aromatic rings. The van der Waals surface area contributed by atoms with Crippen molar-refractivity contribution in [2.24, 2.45) is 0 Å². The van der Waals surface area contributed by atoms with Crippen LogP contribution in [-0.2, 0) is 11.2 Å². The number of thiazole rings is 1. The molecule has 1 fully saturated rings. The Morgan fingerprint density at radius 3 is 2.82 bits per heavy atom. The summed E-state index contributed by atoms with van der Waals surface area (Å²) >= 11 is 1.61. The SMILES string of the molecule is CCc1nnc([C@H]2CN(C(=O)Nc3ccc(-c4nc(C)cs4)cc3)CCO2)o1. The summed E-state index contributed by atoms with van der Waals surface area (Å²) < 4.78 is 11.3. The molecule has 2 amide bonds. The number of benzene rings is 1. The fraction of sp³-hybridized carbons (Fsp3) is 0.368. The van der Waals surface area contributed by atoms with Gasteiger partial charge in [-0.05, 0) is 31.2 Å². The Morgan fingerprint density at radius 2 is 2.14 bits per heavy atom. The Bertz CT molecular complexity index is 953. The Hall–Kier alpha value is -2.78. The maximum Gasteiger partial charge on any atom is 0.322 e. The molecular formula is C19H21N5O3S. The van der Waals surface area contributed by atoms with Crippen molar-refractivity contribution < 1.29 is 13.9 Å². The highest BCUT2D eigenvalue weighted by Gasteiger charge is 2.29. The summed E-state index contributed by atoms with van der Waals surface area (Å²) in [7, 11) is 0. The van der Waals surface area contributed by atoms with Gasteiger partial charge in [-0.2, -0.15) is 0 Å². The summed E-state index contributed by atoms with van der Waals surface area (Å²) in [6, 6.07) is 7.50. The molecule has 1 aliphatic rings. The number of urea groups is 1. The summed E-state index contributed by atoms with van der Waals surface area (Å²) in [6.07, 6.45) is 0.267. The van der Waals surface area contributed by atoms with E-state index in [2.05, 4.69) is 20.5 Å². The predicted molar refractivity (Wildman–Crippen MR) is 105 cm³/mol. The van der Waals surface area contributed by atoms with Crippen molar-refractivity contribution in [3.05, 3.63) is 47.1 Å². The minimum absolute atomic E-state index is 0.179.